The van der Waals surface area contributed by atoms with E-state index < -0.39 is 12.1 Å². The van der Waals surface area contributed by atoms with Crippen molar-refractivity contribution in [2.45, 2.75) is 25.9 Å². The molecule has 7 heteroatoms. The van der Waals surface area contributed by atoms with E-state index in [9.17, 15) is 14.4 Å². The summed E-state index contributed by atoms with van der Waals surface area (Å²) in [6, 6.07) is 5.28. The maximum atomic E-state index is 11.5. The van der Waals surface area contributed by atoms with E-state index in [1.165, 1.54) is 0 Å². The molecule has 1 aromatic carbocycles. The molecule has 4 N–H and O–H groups in total. The van der Waals surface area contributed by atoms with Gasteiger partial charge >= 0.3 is 12.1 Å². The van der Waals surface area contributed by atoms with Gasteiger partial charge in [0.25, 0.3) is 5.91 Å². The third-order valence-corrected chi connectivity index (χ3v) is 2.70. The van der Waals surface area contributed by atoms with Crippen molar-refractivity contribution in [3.05, 3.63) is 29.8 Å². The number of urea groups is 2. The molecule has 1 unspecified atom stereocenters. The molecular formula is C13H16N4O3. The van der Waals surface area contributed by atoms with Gasteiger partial charge in [-0.05, 0) is 31.5 Å². The average molecular weight is 276 g/mol. The number of hydrogen-bond donors (Lipinski definition) is 4. The zero-order valence-electron chi connectivity index (χ0n) is 11.2. The summed E-state index contributed by atoms with van der Waals surface area (Å²) >= 11 is 0. The zero-order valence-corrected chi connectivity index (χ0v) is 11.2. The fourth-order valence-corrected chi connectivity index (χ4v) is 1.84. The summed E-state index contributed by atoms with van der Waals surface area (Å²) in [5, 5.41) is 10.0. The van der Waals surface area contributed by atoms with Gasteiger partial charge in [0.05, 0.1) is 0 Å². The molecule has 1 fully saturated rings. The third-order valence-electron chi connectivity index (χ3n) is 2.70. The maximum absolute atomic E-state index is 11.5. The summed E-state index contributed by atoms with van der Waals surface area (Å²) in [4.78, 5) is 34.1. The molecule has 0 aromatic heterocycles. The van der Waals surface area contributed by atoms with Crippen LogP contribution in [0.1, 0.15) is 25.5 Å². The van der Waals surface area contributed by atoms with Crippen molar-refractivity contribution in [2.75, 3.05) is 5.32 Å². The van der Waals surface area contributed by atoms with Crippen LogP contribution in [0.15, 0.2) is 24.3 Å². The van der Waals surface area contributed by atoms with Crippen LogP contribution >= 0.6 is 0 Å². The van der Waals surface area contributed by atoms with Gasteiger partial charge in [-0.1, -0.05) is 12.1 Å². The monoisotopic (exact) mass is 276 g/mol. The topological polar surface area (TPSA) is 99.3 Å². The van der Waals surface area contributed by atoms with Crippen molar-refractivity contribution in [1.29, 1.82) is 0 Å². The quantitative estimate of drug-likeness (QED) is 0.622. The molecule has 0 bridgehead atoms. The number of anilines is 1. The minimum Gasteiger partial charge on any atom is -0.336 e. The molecule has 0 spiro atoms. The molecule has 1 saturated heterocycles. The highest BCUT2D eigenvalue weighted by atomic mass is 16.2. The van der Waals surface area contributed by atoms with Gasteiger partial charge in [-0.15, -0.1) is 0 Å². The standard InChI is InChI=1S/C13H16N4O3/c1-7(2)14-12(19)15-9-5-3-8(4-6-9)10-11(18)17-13(20)16-10/h3-7,10H,1-2H3,(H2,14,15,19)(H2,16,17,18,20). The molecule has 1 heterocycles. The molecule has 0 radical (unpaired) electrons. The fraction of sp³-hybridized carbons (Fsp3) is 0.308. The first-order valence-electron chi connectivity index (χ1n) is 6.24. The Bertz CT molecular complexity index is 539. The van der Waals surface area contributed by atoms with Crippen molar-refractivity contribution in [3.63, 3.8) is 0 Å². The lowest BCUT2D eigenvalue weighted by Crippen LogP contribution is -2.34. The van der Waals surface area contributed by atoms with Crippen LogP contribution in [0.4, 0.5) is 15.3 Å². The van der Waals surface area contributed by atoms with E-state index in [2.05, 4.69) is 21.3 Å². The van der Waals surface area contributed by atoms with Crippen LogP contribution in [-0.2, 0) is 4.79 Å². The molecule has 2 rings (SSSR count). The van der Waals surface area contributed by atoms with Crippen LogP contribution in [0.2, 0.25) is 0 Å². The molecule has 106 valence electrons. The van der Waals surface area contributed by atoms with E-state index in [0.29, 0.717) is 11.3 Å². The van der Waals surface area contributed by atoms with E-state index in [0.717, 1.165) is 0 Å². The number of rotatable bonds is 3. The molecule has 20 heavy (non-hydrogen) atoms. The van der Waals surface area contributed by atoms with Crippen LogP contribution in [0.25, 0.3) is 0 Å². The van der Waals surface area contributed by atoms with Crippen LogP contribution in [0, 0.1) is 0 Å². The SMILES string of the molecule is CC(C)NC(=O)Nc1ccc(C2NC(=O)NC2=O)cc1. The molecule has 1 aromatic rings. The molecule has 0 saturated carbocycles. The molecule has 1 aliphatic rings. The second-order valence-electron chi connectivity index (χ2n) is 4.77. The van der Waals surface area contributed by atoms with Gasteiger partial charge in [0.15, 0.2) is 0 Å². The number of carbonyl (C=O) groups is 3. The van der Waals surface area contributed by atoms with Gasteiger partial charge in [0.2, 0.25) is 0 Å². The summed E-state index contributed by atoms with van der Waals surface area (Å²) in [5.41, 5.74) is 1.26. The highest BCUT2D eigenvalue weighted by molar-refractivity contribution is 6.04. The lowest BCUT2D eigenvalue weighted by Gasteiger charge is -2.11. The minimum atomic E-state index is -0.680. The Morgan fingerprint density at radius 2 is 1.85 bits per heavy atom. The third kappa shape index (κ3) is 3.25. The van der Waals surface area contributed by atoms with Crippen LogP contribution in [-0.4, -0.2) is 24.0 Å². The van der Waals surface area contributed by atoms with Crippen LogP contribution in [0.5, 0.6) is 0 Å². The molecule has 1 atom stereocenters. The van der Waals surface area contributed by atoms with E-state index in [1.807, 2.05) is 13.8 Å². The Hall–Kier alpha value is -2.57. The van der Waals surface area contributed by atoms with Gasteiger partial charge in [-0.3, -0.25) is 10.1 Å². The molecule has 7 nitrogen and oxygen atoms in total. The number of imide groups is 1. The Morgan fingerprint density at radius 1 is 1.20 bits per heavy atom. The van der Waals surface area contributed by atoms with Gasteiger partial charge in [-0.25, -0.2) is 9.59 Å². The summed E-state index contributed by atoms with van der Waals surface area (Å²) in [5.74, 6) is -0.381. The van der Waals surface area contributed by atoms with Gasteiger partial charge in [0, 0.05) is 11.7 Å². The van der Waals surface area contributed by atoms with Crippen LogP contribution in [0.3, 0.4) is 0 Å². The van der Waals surface area contributed by atoms with Gasteiger partial charge < -0.3 is 16.0 Å². The Balaban J connectivity index is 2.01. The fourth-order valence-electron chi connectivity index (χ4n) is 1.84. The molecular weight excluding hydrogens is 260 g/mol. The summed E-state index contributed by atoms with van der Waals surface area (Å²) < 4.78 is 0. The average Bonchev–Trinajstić information content (AvgIpc) is 2.68. The first-order chi connectivity index (χ1) is 9.45. The first kappa shape index (κ1) is 13.9. The Morgan fingerprint density at radius 3 is 2.35 bits per heavy atom. The van der Waals surface area contributed by atoms with Crippen LogP contribution < -0.4 is 21.3 Å². The van der Waals surface area contributed by atoms with Crippen molar-refractivity contribution in [1.82, 2.24) is 16.0 Å². The summed E-state index contributed by atoms with van der Waals surface area (Å²) in [6.07, 6.45) is 0. The molecule has 5 amide bonds. The lowest BCUT2D eigenvalue weighted by molar-refractivity contribution is -0.120. The van der Waals surface area contributed by atoms with Gasteiger partial charge in [-0.2, -0.15) is 0 Å². The predicted molar refractivity (Wildman–Crippen MR) is 73.1 cm³/mol. The van der Waals surface area contributed by atoms with E-state index >= 15 is 0 Å². The Kier molecular flexibility index (Phi) is 3.88. The molecule has 0 aliphatic carbocycles. The van der Waals surface area contributed by atoms with Crippen molar-refractivity contribution < 1.29 is 14.4 Å². The summed E-state index contributed by atoms with van der Waals surface area (Å²) in [6.45, 7) is 3.73. The van der Waals surface area contributed by atoms with Crippen molar-refractivity contribution in [3.8, 4) is 0 Å². The molecule has 1 aliphatic heterocycles. The maximum Gasteiger partial charge on any atom is 0.322 e. The second-order valence-corrected chi connectivity index (χ2v) is 4.77. The summed E-state index contributed by atoms with van der Waals surface area (Å²) in [7, 11) is 0. The number of carbonyl (C=O) groups excluding carboxylic acids is 3. The number of hydrogen-bond acceptors (Lipinski definition) is 3. The highest BCUT2D eigenvalue weighted by Gasteiger charge is 2.30. The number of benzene rings is 1. The predicted octanol–water partition coefficient (Wildman–Crippen LogP) is 1.10. The normalized spacial score (nSPS) is 17.6. The zero-order chi connectivity index (χ0) is 14.7. The highest BCUT2D eigenvalue weighted by Crippen LogP contribution is 2.19. The minimum absolute atomic E-state index is 0.0478. The number of nitrogens with one attached hydrogen (secondary N) is 4. The van der Waals surface area contributed by atoms with E-state index in [1.54, 1.807) is 24.3 Å². The van der Waals surface area contributed by atoms with Gasteiger partial charge in [0.1, 0.15) is 6.04 Å². The van der Waals surface area contributed by atoms with Crippen molar-refractivity contribution in [2.24, 2.45) is 0 Å². The van der Waals surface area contributed by atoms with Crippen molar-refractivity contribution >= 4 is 23.7 Å². The van der Waals surface area contributed by atoms with E-state index in [-0.39, 0.29) is 18.0 Å². The first-order valence-corrected chi connectivity index (χ1v) is 6.24. The number of amides is 5. The van der Waals surface area contributed by atoms with E-state index in [4.69, 9.17) is 0 Å². The smallest absolute Gasteiger partial charge is 0.322 e. The Labute approximate surface area is 116 Å². The second kappa shape index (κ2) is 5.60. The largest absolute Gasteiger partial charge is 0.336 e. The lowest BCUT2D eigenvalue weighted by atomic mass is 10.1.